The second-order valence-corrected chi connectivity index (χ2v) is 6.89. The Morgan fingerprint density at radius 2 is 1.83 bits per heavy atom. The Labute approximate surface area is 172 Å². The third-order valence-corrected chi connectivity index (χ3v) is 4.95. The molecule has 3 rings (SSSR count). The summed E-state index contributed by atoms with van der Waals surface area (Å²) in [5.74, 6) is 2.02. The number of thiazole rings is 1. The molecule has 3 aromatic rings. The van der Waals surface area contributed by atoms with Crippen LogP contribution in [0.4, 0.5) is 5.13 Å². The van der Waals surface area contributed by atoms with E-state index in [1.807, 2.05) is 25.1 Å². The highest BCUT2D eigenvalue weighted by Gasteiger charge is 2.12. The molecule has 0 atom stereocenters. The molecule has 0 aliphatic carbocycles. The molecule has 0 radical (unpaired) electrons. The van der Waals surface area contributed by atoms with Crippen molar-refractivity contribution in [1.29, 1.82) is 0 Å². The van der Waals surface area contributed by atoms with E-state index < -0.39 is 0 Å². The number of carbonyl (C=O) groups excluding carboxylic acids is 1. The highest BCUT2D eigenvalue weighted by molar-refractivity contribution is 7.22. The van der Waals surface area contributed by atoms with Gasteiger partial charge in [0, 0.05) is 6.08 Å². The number of fused-ring (bicyclic) bond motifs is 1. The summed E-state index contributed by atoms with van der Waals surface area (Å²) < 4.78 is 22.4. The number of nitrogens with zero attached hydrogens (tertiary/aromatic N) is 1. The van der Waals surface area contributed by atoms with Gasteiger partial charge in [0.15, 0.2) is 16.6 Å². The molecule has 0 bridgehead atoms. The van der Waals surface area contributed by atoms with Crippen LogP contribution in [0.5, 0.6) is 23.0 Å². The van der Waals surface area contributed by atoms with Gasteiger partial charge in [-0.3, -0.25) is 10.1 Å². The number of methoxy groups -OCH3 is 3. The van der Waals surface area contributed by atoms with Gasteiger partial charge in [-0.05, 0) is 48.9 Å². The van der Waals surface area contributed by atoms with Gasteiger partial charge >= 0.3 is 0 Å². The Morgan fingerprint density at radius 3 is 2.45 bits per heavy atom. The molecule has 8 heteroatoms. The van der Waals surface area contributed by atoms with Crippen molar-refractivity contribution in [3.05, 3.63) is 42.0 Å². The molecular formula is C21H22N2O5S. The van der Waals surface area contributed by atoms with Gasteiger partial charge in [0.2, 0.25) is 11.7 Å². The molecule has 1 amide bonds. The lowest BCUT2D eigenvalue weighted by molar-refractivity contribution is -0.111. The molecule has 0 aliphatic rings. The maximum atomic E-state index is 12.3. The van der Waals surface area contributed by atoms with Gasteiger partial charge < -0.3 is 18.9 Å². The standard InChI is InChI=1S/C21H22N2O5S/c1-5-28-14-7-8-15-18(12-14)29-21(22-15)23-19(24)9-6-13-10-16(25-2)20(27-4)17(11-13)26-3/h6-12H,5H2,1-4H3,(H,22,23,24). The van der Waals surface area contributed by atoms with Crippen molar-refractivity contribution in [2.75, 3.05) is 33.3 Å². The molecule has 152 valence electrons. The second-order valence-electron chi connectivity index (χ2n) is 5.86. The monoisotopic (exact) mass is 414 g/mol. The molecule has 2 aromatic carbocycles. The summed E-state index contributed by atoms with van der Waals surface area (Å²) >= 11 is 1.39. The maximum absolute atomic E-state index is 12.3. The number of carbonyl (C=O) groups is 1. The molecule has 0 saturated heterocycles. The van der Waals surface area contributed by atoms with Gasteiger partial charge in [0.05, 0.1) is 38.2 Å². The van der Waals surface area contributed by atoms with Gasteiger partial charge in [-0.2, -0.15) is 0 Å². The number of amides is 1. The first-order valence-electron chi connectivity index (χ1n) is 8.90. The average Bonchev–Trinajstić information content (AvgIpc) is 3.12. The minimum Gasteiger partial charge on any atom is -0.494 e. The van der Waals surface area contributed by atoms with E-state index in [9.17, 15) is 4.79 Å². The lowest BCUT2D eigenvalue weighted by atomic mass is 10.1. The molecule has 0 fully saturated rings. The Hall–Kier alpha value is -3.26. The number of nitrogens with one attached hydrogen (secondary N) is 1. The molecule has 0 saturated carbocycles. The zero-order valence-electron chi connectivity index (χ0n) is 16.6. The fourth-order valence-electron chi connectivity index (χ4n) is 2.73. The van der Waals surface area contributed by atoms with E-state index in [0.29, 0.717) is 29.0 Å². The van der Waals surface area contributed by atoms with Crippen LogP contribution in [0.15, 0.2) is 36.4 Å². The number of benzene rings is 2. The number of hydrogen-bond donors (Lipinski definition) is 1. The zero-order valence-corrected chi connectivity index (χ0v) is 17.5. The van der Waals surface area contributed by atoms with Crippen molar-refractivity contribution in [3.63, 3.8) is 0 Å². The number of rotatable bonds is 8. The fraction of sp³-hybridized carbons (Fsp3) is 0.238. The van der Waals surface area contributed by atoms with Crippen molar-refractivity contribution >= 4 is 38.7 Å². The lowest BCUT2D eigenvalue weighted by Crippen LogP contribution is -2.07. The van der Waals surface area contributed by atoms with Crippen LogP contribution in [0.1, 0.15) is 12.5 Å². The third kappa shape index (κ3) is 4.78. The van der Waals surface area contributed by atoms with Crippen LogP contribution in [0, 0.1) is 0 Å². The summed E-state index contributed by atoms with van der Waals surface area (Å²) in [6.07, 6.45) is 3.10. The van der Waals surface area contributed by atoms with Crippen molar-refractivity contribution < 1.29 is 23.7 Å². The van der Waals surface area contributed by atoms with Gasteiger partial charge in [-0.25, -0.2) is 4.98 Å². The number of anilines is 1. The second kappa shape index (κ2) is 9.29. The summed E-state index contributed by atoms with van der Waals surface area (Å²) in [5.41, 5.74) is 1.54. The maximum Gasteiger partial charge on any atom is 0.250 e. The topological polar surface area (TPSA) is 78.9 Å². The van der Waals surface area contributed by atoms with Crippen molar-refractivity contribution in [2.45, 2.75) is 6.92 Å². The zero-order chi connectivity index (χ0) is 20.8. The predicted octanol–water partition coefficient (Wildman–Crippen LogP) is 4.37. The first-order valence-corrected chi connectivity index (χ1v) is 9.72. The quantitative estimate of drug-likeness (QED) is 0.552. The van der Waals surface area contributed by atoms with E-state index in [1.165, 1.54) is 17.4 Å². The minimum absolute atomic E-state index is 0.289. The summed E-state index contributed by atoms with van der Waals surface area (Å²) in [4.78, 5) is 16.7. The van der Waals surface area contributed by atoms with Crippen LogP contribution in [0.2, 0.25) is 0 Å². The van der Waals surface area contributed by atoms with Crippen molar-refractivity contribution in [2.24, 2.45) is 0 Å². The van der Waals surface area contributed by atoms with Gasteiger partial charge in [-0.15, -0.1) is 0 Å². The first kappa shape index (κ1) is 20.5. The molecule has 1 heterocycles. The smallest absolute Gasteiger partial charge is 0.250 e. The molecule has 0 spiro atoms. The summed E-state index contributed by atoms with van der Waals surface area (Å²) in [6, 6.07) is 9.17. The Bertz CT molecular complexity index is 1020. The van der Waals surface area contributed by atoms with Gasteiger partial charge in [0.25, 0.3) is 0 Å². The molecule has 1 aromatic heterocycles. The summed E-state index contributed by atoms with van der Waals surface area (Å²) in [6.45, 7) is 2.53. The van der Waals surface area contributed by atoms with Crippen molar-refractivity contribution in [1.82, 2.24) is 4.98 Å². The normalized spacial score (nSPS) is 10.9. The summed E-state index contributed by atoms with van der Waals surface area (Å²) in [7, 11) is 4.63. The van der Waals surface area contributed by atoms with Crippen LogP contribution < -0.4 is 24.3 Å². The Kier molecular flexibility index (Phi) is 6.56. The van der Waals surface area contributed by atoms with Crippen LogP contribution in [-0.4, -0.2) is 38.8 Å². The average molecular weight is 414 g/mol. The Morgan fingerprint density at radius 1 is 1.10 bits per heavy atom. The van der Waals surface area contributed by atoms with E-state index in [0.717, 1.165) is 21.5 Å². The largest absolute Gasteiger partial charge is 0.494 e. The number of aromatic nitrogens is 1. The van der Waals surface area contributed by atoms with Gasteiger partial charge in [-0.1, -0.05) is 11.3 Å². The van der Waals surface area contributed by atoms with Crippen LogP contribution >= 0.6 is 11.3 Å². The van der Waals surface area contributed by atoms with E-state index in [-0.39, 0.29) is 5.91 Å². The first-order chi connectivity index (χ1) is 14.1. The SMILES string of the molecule is CCOc1ccc2nc(NC(=O)C=Cc3cc(OC)c(OC)c(OC)c3)sc2c1. The molecule has 29 heavy (non-hydrogen) atoms. The number of ether oxygens (including phenoxy) is 4. The fourth-order valence-corrected chi connectivity index (χ4v) is 3.63. The van der Waals surface area contributed by atoms with Gasteiger partial charge in [0.1, 0.15) is 5.75 Å². The minimum atomic E-state index is -0.289. The predicted molar refractivity (Wildman–Crippen MR) is 115 cm³/mol. The highest BCUT2D eigenvalue weighted by Crippen LogP contribution is 2.38. The highest BCUT2D eigenvalue weighted by atomic mass is 32.1. The van der Waals surface area contributed by atoms with E-state index in [2.05, 4.69) is 10.3 Å². The molecule has 7 nitrogen and oxygen atoms in total. The molecule has 0 unspecified atom stereocenters. The molecule has 1 N–H and O–H groups in total. The third-order valence-electron chi connectivity index (χ3n) is 4.02. The Balaban J connectivity index is 1.75. The van der Waals surface area contributed by atoms with Crippen LogP contribution in [0.25, 0.3) is 16.3 Å². The van der Waals surface area contributed by atoms with Crippen molar-refractivity contribution in [3.8, 4) is 23.0 Å². The molecule has 0 aliphatic heterocycles. The lowest BCUT2D eigenvalue weighted by Gasteiger charge is -2.12. The molecular weight excluding hydrogens is 392 g/mol. The number of hydrogen-bond acceptors (Lipinski definition) is 7. The summed E-state index contributed by atoms with van der Waals surface area (Å²) in [5, 5.41) is 3.31. The van der Waals surface area contributed by atoms with E-state index in [4.69, 9.17) is 18.9 Å². The van der Waals surface area contributed by atoms with E-state index in [1.54, 1.807) is 39.5 Å². The van der Waals surface area contributed by atoms with E-state index >= 15 is 0 Å². The van der Waals surface area contributed by atoms with Crippen LogP contribution in [-0.2, 0) is 4.79 Å². The van der Waals surface area contributed by atoms with Crippen LogP contribution in [0.3, 0.4) is 0 Å².